The topological polar surface area (TPSA) is 36.1 Å². The fourth-order valence-corrected chi connectivity index (χ4v) is 5.11. The van der Waals surface area contributed by atoms with Gasteiger partial charge in [-0.05, 0) is 79.6 Å². The average Bonchev–Trinajstić information content (AvgIpc) is 3.35. The van der Waals surface area contributed by atoms with Crippen LogP contribution in [0.1, 0.15) is 53.1 Å². The van der Waals surface area contributed by atoms with E-state index in [9.17, 15) is 13.6 Å². The molecular formula is C24H24F2N2O. The van der Waals surface area contributed by atoms with Crippen LogP contribution in [0.5, 0.6) is 0 Å². The van der Waals surface area contributed by atoms with Crippen LogP contribution in [-0.2, 0) is 6.42 Å². The van der Waals surface area contributed by atoms with Crippen molar-refractivity contribution in [2.45, 2.75) is 44.1 Å². The van der Waals surface area contributed by atoms with E-state index in [1.54, 1.807) is 0 Å². The number of hydrogen-bond acceptors (Lipinski definition) is 2. The number of halogens is 2. The zero-order valence-electron chi connectivity index (χ0n) is 16.3. The molecule has 0 saturated carbocycles. The molecule has 2 unspecified atom stereocenters. The highest BCUT2D eigenvalue weighted by Crippen LogP contribution is 2.37. The largest absolute Gasteiger partial charge is 0.361 e. The zero-order chi connectivity index (χ0) is 20.0. The molecule has 2 saturated heterocycles. The van der Waals surface area contributed by atoms with Crippen LogP contribution in [0.25, 0.3) is 10.9 Å². The third-order valence-electron chi connectivity index (χ3n) is 6.61. The van der Waals surface area contributed by atoms with Crippen molar-refractivity contribution >= 4 is 16.7 Å². The lowest BCUT2D eigenvalue weighted by atomic mass is 9.87. The van der Waals surface area contributed by atoms with Gasteiger partial charge in [0.1, 0.15) is 11.6 Å². The molecule has 5 rings (SSSR count). The third kappa shape index (κ3) is 3.48. The molecule has 0 aliphatic carbocycles. The van der Waals surface area contributed by atoms with Gasteiger partial charge in [-0.25, -0.2) is 8.78 Å². The standard InChI is InChI=1S/C24H24F2N2O/c25-17-5-7-22(26)20(12-17)24(29)11-15-3-8-23-19(10-15)21(13-27-23)16-4-6-18-2-1-9-28(18)14-16/h3,5,7-8,10,12-13,16,18,27H,1-2,4,6,9,11,14H2. The summed E-state index contributed by atoms with van der Waals surface area (Å²) >= 11 is 0. The van der Waals surface area contributed by atoms with Gasteiger partial charge in [0, 0.05) is 36.1 Å². The summed E-state index contributed by atoms with van der Waals surface area (Å²) in [5.41, 5.74) is 2.99. The van der Waals surface area contributed by atoms with Gasteiger partial charge in [-0.3, -0.25) is 9.69 Å². The Morgan fingerprint density at radius 1 is 1.10 bits per heavy atom. The molecule has 2 aliphatic heterocycles. The second-order valence-corrected chi connectivity index (χ2v) is 8.41. The van der Waals surface area contributed by atoms with Gasteiger partial charge in [-0.15, -0.1) is 0 Å². The molecule has 1 aromatic heterocycles. The molecule has 2 aromatic carbocycles. The fourth-order valence-electron chi connectivity index (χ4n) is 5.11. The van der Waals surface area contributed by atoms with Crippen molar-refractivity contribution in [2.75, 3.05) is 13.1 Å². The Morgan fingerprint density at radius 3 is 2.90 bits per heavy atom. The van der Waals surface area contributed by atoms with Gasteiger partial charge in [0.2, 0.25) is 0 Å². The van der Waals surface area contributed by atoms with Gasteiger partial charge in [0.05, 0.1) is 5.56 Å². The Labute approximate surface area is 168 Å². The van der Waals surface area contributed by atoms with Crippen LogP contribution in [0, 0.1) is 11.6 Å². The molecule has 0 radical (unpaired) electrons. The molecule has 3 nitrogen and oxygen atoms in total. The zero-order valence-corrected chi connectivity index (χ0v) is 16.3. The lowest BCUT2D eigenvalue weighted by Gasteiger charge is -2.35. The smallest absolute Gasteiger partial charge is 0.170 e. The first-order chi connectivity index (χ1) is 14.1. The summed E-state index contributed by atoms with van der Waals surface area (Å²) in [7, 11) is 0. The average molecular weight is 394 g/mol. The number of ketones is 1. The summed E-state index contributed by atoms with van der Waals surface area (Å²) in [6.45, 7) is 2.29. The summed E-state index contributed by atoms with van der Waals surface area (Å²) < 4.78 is 27.4. The molecule has 2 fully saturated rings. The van der Waals surface area contributed by atoms with E-state index in [0.29, 0.717) is 5.92 Å². The number of nitrogens with one attached hydrogen (secondary N) is 1. The molecule has 2 atom stereocenters. The van der Waals surface area contributed by atoms with Crippen LogP contribution in [0.15, 0.2) is 42.6 Å². The summed E-state index contributed by atoms with van der Waals surface area (Å²) in [6.07, 6.45) is 7.21. The lowest BCUT2D eigenvalue weighted by Crippen LogP contribution is -2.37. The number of H-pyrrole nitrogens is 1. The Morgan fingerprint density at radius 2 is 2.00 bits per heavy atom. The molecule has 150 valence electrons. The van der Waals surface area contributed by atoms with Crippen molar-refractivity contribution in [3.8, 4) is 0 Å². The van der Waals surface area contributed by atoms with E-state index < -0.39 is 17.4 Å². The van der Waals surface area contributed by atoms with Gasteiger partial charge in [-0.1, -0.05) is 6.07 Å². The lowest BCUT2D eigenvalue weighted by molar-refractivity contribution is 0.0988. The van der Waals surface area contributed by atoms with E-state index in [4.69, 9.17) is 0 Å². The van der Waals surface area contributed by atoms with Crippen molar-refractivity contribution in [1.82, 2.24) is 9.88 Å². The van der Waals surface area contributed by atoms with Crippen molar-refractivity contribution in [3.63, 3.8) is 0 Å². The van der Waals surface area contributed by atoms with Crippen molar-refractivity contribution < 1.29 is 13.6 Å². The Kier molecular flexibility index (Phi) is 4.70. The molecule has 1 N–H and O–H groups in total. The first kappa shape index (κ1) is 18.5. The number of hydrogen-bond donors (Lipinski definition) is 1. The first-order valence-electron chi connectivity index (χ1n) is 10.4. The molecule has 3 heterocycles. The Balaban J connectivity index is 1.41. The molecule has 5 heteroatoms. The molecule has 0 spiro atoms. The highest BCUT2D eigenvalue weighted by Gasteiger charge is 2.32. The van der Waals surface area contributed by atoms with Crippen LogP contribution in [-0.4, -0.2) is 34.8 Å². The van der Waals surface area contributed by atoms with E-state index >= 15 is 0 Å². The SMILES string of the molecule is O=C(Cc1ccc2[nH]cc(C3CCC4CCCN4C3)c2c1)c1cc(F)ccc1F. The van der Waals surface area contributed by atoms with E-state index in [2.05, 4.69) is 16.1 Å². The third-order valence-corrected chi connectivity index (χ3v) is 6.61. The number of rotatable bonds is 4. The number of aromatic nitrogens is 1. The van der Waals surface area contributed by atoms with Crippen molar-refractivity contribution in [3.05, 3.63) is 70.9 Å². The predicted octanol–water partition coefficient (Wildman–Crippen LogP) is 5.21. The van der Waals surface area contributed by atoms with Crippen LogP contribution < -0.4 is 0 Å². The summed E-state index contributed by atoms with van der Waals surface area (Å²) in [6, 6.07) is 9.66. The Hall–Kier alpha value is -2.53. The van der Waals surface area contributed by atoms with Gasteiger partial charge in [0.25, 0.3) is 0 Å². The number of Topliss-reactive ketones (excluding diaryl/α,β-unsaturated/α-hetero) is 1. The van der Waals surface area contributed by atoms with Crippen LogP contribution in [0.3, 0.4) is 0 Å². The van der Waals surface area contributed by atoms with Crippen LogP contribution in [0.2, 0.25) is 0 Å². The highest BCUT2D eigenvalue weighted by molar-refractivity contribution is 5.98. The van der Waals surface area contributed by atoms with E-state index in [1.165, 1.54) is 37.8 Å². The predicted molar refractivity (Wildman–Crippen MR) is 109 cm³/mol. The monoisotopic (exact) mass is 394 g/mol. The molecule has 29 heavy (non-hydrogen) atoms. The van der Waals surface area contributed by atoms with Crippen LogP contribution in [0.4, 0.5) is 8.78 Å². The number of benzene rings is 2. The highest BCUT2D eigenvalue weighted by atomic mass is 19.1. The van der Waals surface area contributed by atoms with Gasteiger partial charge >= 0.3 is 0 Å². The van der Waals surface area contributed by atoms with Gasteiger partial charge in [-0.2, -0.15) is 0 Å². The number of aromatic amines is 1. The van der Waals surface area contributed by atoms with Crippen molar-refractivity contribution in [2.24, 2.45) is 0 Å². The van der Waals surface area contributed by atoms with E-state index in [-0.39, 0.29) is 12.0 Å². The minimum atomic E-state index is -0.679. The summed E-state index contributed by atoms with van der Waals surface area (Å²) in [4.78, 5) is 18.5. The number of fused-ring (bicyclic) bond motifs is 2. The number of nitrogens with zero attached hydrogens (tertiary/aromatic N) is 1. The molecule has 0 amide bonds. The van der Waals surface area contributed by atoms with Gasteiger partial charge in [0.15, 0.2) is 5.78 Å². The molecule has 0 bridgehead atoms. The number of carbonyl (C=O) groups is 1. The second-order valence-electron chi connectivity index (χ2n) is 8.41. The molecule has 2 aliphatic rings. The van der Waals surface area contributed by atoms with E-state index in [1.807, 2.05) is 18.2 Å². The number of carbonyl (C=O) groups excluding carboxylic acids is 1. The second kappa shape index (κ2) is 7.38. The maximum atomic E-state index is 13.9. The Bertz CT molecular complexity index is 1070. The molecular weight excluding hydrogens is 370 g/mol. The van der Waals surface area contributed by atoms with E-state index in [0.717, 1.165) is 47.3 Å². The quantitative estimate of drug-likeness (QED) is 0.617. The maximum Gasteiger partial charge on any atom is 0.170 e. The van der Waals surface area contributed by atoms with Crippen molar-refractivity contribution in [1.29, 1.82) is 0 Å². The fraction of sp³-hybridized carbons (Fsp3) is 0.375. The minimum absolute atomic E-state index is 0.0554. The first-order valence-corrected chi connectivity index (χ1v) is 10.4. The summed E-state index contributed by atoms with van der Waals surface area (Å²) in [5, 5.41) is 1.14. The van der Waals surface area contributed by atoms with Gasteiger partial charge < -0.3 is 4.98 Å². The molecule has 3 aromatic rings. The number of piperidine rings is 1. The minimum Gasteiger partial charge on any atom is -0.361 e. The maximum absolute atomic E-state index is 13.9. The van der Waals surface area contributed by atoms with Crippen LogP contribution >= 0.6 is 0 Å². The normalized spacial score (nSPS) is 22.1. The summed E-state index contributed by atoms with van der Waals surface area (Å²) in [5.74, 6) is -1.20.